The van der Waals surface area contributed by atoms with Crippen LogP contribution in [0.1, 0.15) is 15.9 Å². The van der Waals surface area contributed by atoms with Crippen LogP contribution in [0.15, 0.2) is 90.5 Å². The highest BCUT2D eigenvalue weighted by Crippen LogP contribution is 2.31. The number of hydrogen-bond donors (Lipinski definition) is 1. The van der Waals surface area contributed by atoms with E-state index in [1.807, 2.05) is 30.3 Å². The standard InChI is InChI=1S/C28H19N3O6/c1-36-25-14-13-18(15-20(17-29)27(32)30-23-11-4-5-12-24(23)31(34)35)16-26(25)37-28(33)22-10-6-8-19-7-2-3-9-21(19)22/h2-16H,1H3,(H,30,32)/b20-15-. The summed E-state index contributed by atoms with van der Waals surface area (Å²) in [5.74, 6) is -1.08. The topological polar surface area (TPSA) is 132 Å². The summed E-state index contributed by atoms with van der Waals surface area (Å²) in [6, 6.07) is 24.6. The van der Waals surface area contributed by atoms with Crippen LogP contribution < -0.4 is 14.8 Å². The number of anilines is 1. The first-order chi connectivity index (χ1) is 17.9. The molecule has 9 heteroatoms. The molecule has 1 amide bonds. The molecule has 0 atom stereocenters. The molecule has 0 aliphatic heterocycles. The fourth-order valence-corrected chi connectivity index (χ4v) is 3.66. The molecular weight excluding hydrogens is 474 g/mol. The summed E-state index contributed by atoms with van der Waals surface area (Å²) in [4.78, 5) is 36.3. The number of nitro groups is 1. The zero-order valence-corrected chi connectivity index (χ0v) is 19.5. The summed E-state index contributed by atoms with van der Waals surface area (Å²) in [5.41, 5.74) is 0.0754. The van der Waals surface area contributed by atoms with Crippen molar-refractivity contribution in [1.82, 2.24) is 0 Å². The molecule has 0 saturated carbocycles. The Morgan fingerprint density at radius 3 is 2.46 bits per heavy atom. The maximum absolute atomic E-state index is 13.0. The molecule has 0 fully saturated rings. The molecule has 0 spiro atoms. The van der Waals surface area contributed by atoms with E-state index in [0.717, 1.165) is 10.8 Å². The van der Waals surface area contributed by atoms with Gasteiger partial charge in [-0.15, -0.1) is 0 Å². The molecule has 0 bridgehead atoms. The average Bonchev–Trinajstić information content (AvgIpc) is 2.91. The van der Waals surface area contributed by atoms with Gasteiger partial charge in [0, 0.05) is 6.07 Å². The number of para-hydroxylation sites is 2. The Labute approximate surface area is 211 Å². The number of amides is 1. The molecule has 4 aromatic rings. The smallest absolute Gasteiger partial charge is 0.344 e. The van der Waals surface area contributed by atoms with Gasteiger partial charge in [0.15, 0.2) is 11.5 Å². The van der Waals surface area contributed by atoms with E-state index in [1.54, 1.807) is 24.3 Å². The number of carbonyl (C=O) groups is 2. The van der Waals surface area contributed by atoms with Crippen LogP contribution in [0.5, 0.6) is 11.5 Å². The number of methoxy groups -OCH3 is 1. The van der Waals surface area contributed by atoms with E-state index in [2.05, 4.69) is 5.32 Å². The van der Waals surface area contributed by atoms with Gasteiger partial charge in [-0.3, -0.25) is 14.9 Å². The lowest BCUT2D eigenvalue weighted by molar-refractivity contribution is -0.383. The Morgan fingerprint density at radius 2 is 1.70 bits per heavy atom. The number of fused-ring (bicyclic) bond motifs is 1. The third kappa shape index (κ3) is 5.44. The lowest BCUT2D eigenvalue weighted by Crippen LogP contribution is -2.14. The van der Waals surface area contributed by atoms with Crippen molar-refractivity contribution >= 4 is 40.1 Å². The van der Waals surface area contributed by atoms with Gasteiger partial charge in [-0.05, 0) is 46.7 Å². The first-order valence-electron chi connectivity index (χ1n) is 11.0. The lowest BCUT2D eigenvalue weighted by Gasteiger charge is -2.11. The molecule has 182 valence electrons. The van der Waals surface area contributed by atoms with Crippen LogP contribution in [0.4, 0.5) is 11.4 Å². The van der Waals surface area contributed by atoms with E-state index in [9.17, 15) is 25.0 Å². The average molecular weight is 493 g/mol. The number of nitrogens with zero attached hydrogens (tertiary/aromatic N) is 2. The second kappa shape index (κ2) is 10.8. The van der Waals surface area contributed by atoms with Crippen LogP contribution in [0.2, 0.25) is 0 Å². The highest BCUT2D eigenvalue weighted by atomic mass is 16.6. The molecule has 0 aromatic heterocycles. The molecule has 9 nitrogen and oxygen atoms in total. The van der Waals surface area contributed by atoms with E-state index in [1.165, 1.54) is 49.6 Å². The number of ether oxygens (including phenoxy) is 2. The van der Waals surface area contributed by atoms with Crippen LogP contribution >= 0.6 is 0 Å². The molecule has 0 heterocycles. The van der Waals surface area contributed by atoms with E-state index in [-0.39, 0.29) is 28.4 Å². The summed E-state index contributed by atoms with van der Waals surface area (Å²) in [6.45, 7) is 0. The van der Waals surface area contributed by atoms with Crippen molar-refractivity contribution in [2.24, 2.45) is 0 Å². The van der Waals surface area contributed by atoms with Gasteiger partial charge in [0.25, 0.3) is 11.6 Å². The van der Waals surface area contributed by atoms with Gasteiger partial charge in [0.2, 0.25) is 0 Å². The Balaban J connectivity index is 1.62. The normalized spacial score (nSPS) is 10.9. The first kappa shape index (κ1) is 24.6. The predicted molar refractivity (Wildman–Crippen MR) is 137 cm³/mol. The number of rotatable bonds is 7. The monoisotopic (exact) mass is 493 g/mol. The quantitative estimate of drug-likeness (QED) is 0.0895. The van der Waals surface area contributed by atoms with E-state index in [4.69, 9.17) is 9.47 Å². The summed E-state index contributed by atoms with van der Waals surface area (Å²) in [7, 11) is 1.42. The van der Waals surface area contributed by atoms with Crippen molar-refractivity contribution in [1.29, 1.82) is 5.26 Å². The van der Waals surface area contributed by atoms with Gasteiger partial charge in [-0.2, -0.15) is 5.26 Å². The number of nitro benzene ring substituents is 1. The Kier molecular flexibility index (Phi) is 7.21. The van der Waals surface area contributed by atoms with Crippen molar-refractivity contribution in [2.45, 2.75) is 0 Å². The van der Waals surface area contributed by atoms with Crippen molar-refractivity contribution in [2.75, 3.05) is 12.4 Å². The predicted octanol–water partition coefficient (Wildman–Crippen LogP) is 5.52. The molecule has 37 heavy (non-hydrogen) atoms. The van der Waals surface area contributed by atoms with Gasteiger partial charge in [-0.25, -0.2) is 4.79 Å². The molecular formula is C28H19N3O6. The number of esters is 1. The molecule has 4 rings (SSSR count). The Bertz CT molecular complexity index is 1600. The van der Waals surface area contributed by atoms with Crippen molar-refractivity contribution < 1.29 is 24.0 Å². The summed E-state index contributed by atoms with van der Waals surface area (Å²) < 4.78 is 10.9. The summed E-state index contributed by atoms with van der Waals surface area (Å²) in [6.07, 6.45) is 1.28. The lowest BCUT2D eigenvalue weighted by atomic mass is 10.0. The minimum atomic E-state index is -0.832. The first-order valence-corrected chi connectivity index (χ1v) is 11.0. The van der Waals surface area contributed by atoms with E-state index in [0.29, 0.717) is 11.1 Å². The largest absolute Gasteiger partial charge is 0.493 e. The van der Waals surface area contributed by atoms with Crippen LogP contribution in [-0.2, 0) is 4.79 Å². The van der Waals surface area contributed by atoms with Gasteiger partial charge in [0.1, 0.15) is 17.3 Å². The van der Waals surface area contributed by atoms with Crippen molar-refractivity contribution in [3.05, 3.63) is 112 Å². The van der Waals surface area contributed by atoms with E-state index >= 15 is 0 Å². The molecule has 1 N–H and O–H groups in total. The second-order valence-corrected chi connectivity index (χ2v) is 7.72. The number of nitrogens with one attached hydrogen (secondary N) is 1. The van der Waals surface area contributed by atoms with Gasteiger partial charge in [0.05, 0.1) is 17.6 Å². The number of hydrogen-bond acceptors (Lipinski definition) is 7. The maximum Gasteiger partial charge on any atom is 0.344 e. The molecule has 0 radical (unpaired) electrons. The Morgan fingerprint density at radius 1 is 0.973 bits per heavy atom. The van der Waals surface area contributed by atoms with Crippen LogP contribution in [0, 0.1) is 21.4 Å². The maximum atomic E-state index is 13.0. The molecule has 0 aliphatic carbocycles. The SMILES string of the molecule is COc1ccc(/C=C(/C#N)C(=O)Nc2ccccc2[N+](=O)[O-])cc1OC(=O)c1cccc2ccccc12. The number of nitriles is 1. The van der Waals surface area contributed by atoms with Gasteiger partial charge >= 0.3 is 5.97 Å². The fourth-order valence-electron chi connectivity index (χ4n) is 3.66. The third-order valence-electron chi connectivity index (χ3n) is 5.42. The summed E-state index contributed by atoms with van der Waals surface area (Å²) in [5, 5.41) is 24.8. The van der Waals surface area contributed by atoms with Gasteiger partial charge < -0.3 is 14.8 Å². The molecule has 0 aliphatic rings. The Hall–Kier alpha value is -5.49. The summed E-state index contributed by atoms with van der Waals surface area (Å²) >= 11 is 0. The van der Waals surface area contributed by atoms with Crippen LogP contribution in [0.3, 0.4) is 0 Å². The van der Waals surface area contributed by atoms with Crippen LogP contribution in [0.25, 0.3) is 16.8 Å². The van der Waals surface area contributed by atoms with Crippen molar-refractivity contribution in [3.63, 3.8) is 0 Å². The van der Waals surface area contributed by atoms with E-state index < -0.39 is 16.8 Å². The zero-order chi connectivity index (χ0) is 26.4. The zero-order valence-electron chi connectivity index (χ0n) is 19.5. The van der Waals surface area contributed by atoms with Crippen molar-refractivity contribution in [3.8, 4) is 17.6 Å². The minimum absolute atomic E-state index is 0.0434. The number of carbonyl (C=O) groups excluding carboxylic acids is 2. The fraction of sp³-hybridized carbons (Fsp3) is 0.0357. The highest BCUT2D eigenvalue weighted by Gasteiger charge is 2.19. The molecule has 0 saturated heterocycles. The molecule has 0 unspecified atom stereocenters. The van der Waals surface area contributed by atoms with Crippen LogP contribution in [-0.4, -0.2) is 23.9 Å². The highest BCUT2D eigenvalue weighted by molar-refractivity contribution is 6.10. The van der Waals surface area contributed by atoms with Gasteiger partial charge in [-0.1, -0.05) is 54.6 Å². The second-order valence-electron chi connectivity index (χ2n) is 7.72. The third-order valence-corrected chi connectivity index (χ3v) is 5.42. The minimum Gasteiger partial charge on any atom is -0.493 e. The molecule has 4 aromatic carbocycles. The number of benzene rings is 4.